The molecule has 0 spiro atoms. The molecule has 8 nitrogen and oxygen atoms in total. The summed E-state index contributed by atoms with van der Waals surface area (Å²) in [6.45, 7) is -0.432. The predicted octanol–water partition coefficient (Wildman–Crippen LogP) is 2.61. The molecular weight excluding hydrogens is 452 g/mol. The van der Waals surface area contributed by atoms with Gasteiger partial charge in [0.15, 0.2) is 5.82 Å². The van der Waals surface area contributed by atoms with Crippen LogP contribution >= 0.6 is 15.9 Å². The van der Waals surface area contributed by atoms with Gasteiger partial charge < -0.3 is 4.74 Å². The summed E-state index contributed by atoms with van der Waals surface area (Å²) in [6.07, 6.45) is 1.06. The van der Waals surface area contributed by atoms with E-state index in [-0.39, 0.29) is 30.8 Å². The molecule has 1 aliphatic carbocycles. The lowest BCUT2D eigenvalue weighted by molar-refractivity contribution is -0.117. The second kappa shape index (κ2) is 7.82. The normalized spacial score (nSPS) is 18.3. The smallest absolute Gasteiger partial charge is 0.275 e. The van der Waals surface area contributed by atoms with Crippen LogP contribution in [0.3, 0.4) is 0 Å². The summed E-state index contributed by atoms with van der Waals surface area (Å²) < 4.78 is 33.5. The van der Waals surface area contributed by atoms with Crippen LogP contribution in [0.2, 0.25) is 0 Å². The summed E-state index contributed by atoms with van der Waals surface area (Å²) in [6, 6.07) is 4.96. The highest BCUT2D eigenvalue weighted by molar-refractivity contribution is 9.10. The maximum absolute atomic E-state index is 13.1. The van der Waals surface area contributed by atoms with Crippen molar-refractivity contribution in [2.75, 3.05) is 5.32 Å². The Morgan fingerprint density at radius 2 is 2.00 bits per heavy atom. The molecule has 0 atom stereocenters. The molecule has 1 saturated carbocycles. The minimum atomic E-state index is -0.912. The largest absolute Gasteiger partial charge is 0.473 e. The lowest BCUT2D eigenvalue weighted by Crippen LogP contribution is -2.36. The van der Waals surface area contributed by atoms with Gasteiger partial charge in [0.2, 0.25) is 17.7 Å². The molecule has 11 heteroatoms. The topological polar surface area (TPSA) is 99.0 Å². The molecule has 1 fully saturated rings. The molecule has 4 rings (SSSR count). The number of carbonyl (C=O) groups is 1. The Morgan fingerprint density at radius 1 is 1.28 bits per heavy atom. The van der Waals surface area contributed by atoms with Crippen molar-refractivity contribution in [1.82, 2.24) is 19.7 Å². The van der Waals surface area contributed by atoms with Crippen molar-refractivity contribution in [3.05, 3.63) is 51.2 Å². The number of ether oxygens (including phenoxy) is 1. The van der Waals surface area contributed by atoms with Gasteiger partial charge in [-0.15, -0.1) is 5.10 Å². The van der Waals surface area contributed by atoms with Crippen LogP contribution in [0.5, 0.6) is 5.88 Å². The van der Waals surface area contributed by atoms with E-state index in [2.05, 4.69) is 36.3 Å². The van der Waals surface area contributed by atoms with Crippen molar-refractivity contribution >= 4 is 38.6 Å². The summed E-state index contributed by atoms with van der Waals surface area (Å²) in [7, 11) is 0. The van der Waals surface area contributed by atoms with Crippen molar-refractivity contribution in [2.45, 2.75) is 31.7 Å². The van der Waals surface area contributed by atoms with E-state index in [1.165, 1.54) is 0 Å². The first-order valence-corrected chi connectivity index (χ1v) is 9.47. The highest BCUT2D eigenvalue weighted by Crippen LogP contribution is 2.31. The number of amides is 1. The SMILES string of the molecule is O=C(Cn1nc(OC2CC(F)C2)c2cc(Br)ccc2c1=O)Nc1ncc(F)cn1. The fraction of sp³-hybridized carbons (Fsp3) is 0.278. The molecule has 29 heavy (non-hydrogen) atoms. The molecule has 0 unspecified atom stereocenters. The van der Waals surface area contributed by atoms with Gasteiger partial charge in [-0.1, -0.05) is 15.9 Å². The molecule has 2 aromatic heterocycles. The zero-order valence-corrected chi connectivity index (χ0v) is 16.4. The average Bonchev–Trinajstić information content (AvgIpc) is 2.66. The second-order valence-corrected chi connectivity index (χ2v) is 7.46. The van der Waals surface area contributed by atoms with Gasteiger partial charge in [-0.3, -0.25) is 14.9 Å². The number of anilines is 1. The van der Waals surface area contributed by atoms with Crippen molar-refractivity contribution in [2.24, 2.45) is 0 Å². The predicted molar refractivity (Wildman–Crippen MR) is 103 cm³/mol. The molecule has 3 aromatic rings. The Morgan fingerprint density at radius 3 is 2.69 bits per heavy atom. The van der Waals surface area contributed by atoms with Gasteiger partial charge in [0.05, 0.1) is 23.2 Å². The first-order chi connectivity index (χ1) is 13.9. The third kappa shape index (κ3) is 4.24. The van der Waals surface area contributed by atoms with Crippen LogP contribution in [0.1, 0.15) is 12.8 Å². The van der Waals surface area contributed by atoms with E-state index in [1.54, 1.807) is 18.2 Å². The number of nitrogens with one attached hydrogen (secondary N) is 1. The van der Waals surface area contributed by atoms with Crippen LogP contribution in [-0.2, 0) is 11.3 Å². The second-order valence-electron chi connectivity index (χ2n) is 6.54. The van der Waals surface area contributed by atoms with Gasteiger partial charge in [-0.25, -0.2) is 23.4 Å². The summed E-state index contributed by atoms with van der Waals surface area (Å²) in [5.41, 5.74) is -0.494. The van der Waals surface area contributed by atoms with Crippen molar-refractivity contribution in [3.63, 3.8) is 0 Å². The van der Waals surface area contributed by atoms with Gasteiger partial charge in [-0.2, -0.15) is 0 Å². The summed E-state index contributed by atoms with van der Waals surface area (Å²) >= 11 is 3.34. The maximum Gasteiger partial charge on any atom is 0.275 e. The third-order valence-corrected chi connectivity index (χ3v) is 4.86. The van der Waals surface area contributed by atoms with Crippen molar-refractivity contribution < 1.29 is 18.3 Å². The number of aromatic nitrogens is 4. The maximum atomic E-state index is 13.1. The van der Waals surface area contributed by atoms with Crippen LogP contribution in [0, 0.1) is 5.82 Å². The Bertz CT molecular complexity index is 1130. The minimum absolute atomic E-state index is 0.103. The van der Waals surface area contributed by atoms with Gasteiger partial charge >= 0.3 is 0 Å². The monoisotopic (exact) mass is 465 g/mol. The number of alkyl halides is 1. The summed E-state index contributed by atoms with van der Waals surface area (Å²) in [5, 5.41) is 7.29. The number of benzene rings is 1. The van der Waals surface area contributed by atoms with Gasteiger partial charge in [0.1, 0.15) is 18.8 Å². The molecule has 0 aliphatic heterocycles. The van der Waals surface area contributed by atoms with Crippen molar-refractivity contribution in [1.29, 1.82) is 0 Å². The first kappa shape index (κ1) is 19.4. The minimum Gasteiger partial charge on any atom is -0.473 e. The fourth-order valence-electron chi connectivity index (χ4n) is 2.85. The Hall–Kier alpha value is -2.95. The molecule has 1 aliphatic rings. The van der Waals surface area contributed by atoms with E-state index in [4.69, 9.17) is 4.74 Å². The number of rotatable bonds is 5. The fourth-order valence-corrected chi connectivity index (χ4v) is 3.22. The lowest BCUT2D eigenvalue weighted by atomic mass is 9.94. The number of fused-ring (bicyclic) bond motifs is 1. The zero-order chi connectivity index (χ0) is 20.5. The summed E-state index contributed by atoms with van der Waals surface area (Å²) in [4.78, 5) is 32.3. The Labute approximate surface area is 171 Å². The molecule has 150 valence electrons. The van der Waals surface area contributed by atoms with Gasteiger partial charge in [-0.05, 0) is 18.2 Å². The number of nitrogens with zero attached hydrogens (tertiary/aromatic N) is 4. The van der Waals surface area contributed by atoms with E-state index >= 15 is 0 Å². The van der Waals surface area contributed by atoms with Crippen LogP contribution in [0.4, 0.5) is 14.7 Å². The Balaban J connectivity index is 1.63. The van der Waals surface area contributed by atoms with Crippen molar-refractivity contribution in [3.8, 4) is 5.88 Å². The number of carbonyl (C=O) groups excluding carboxylic acids is 1. The van der Waals surface area contributed by atoms with E-state index in [9.17, 15) is 18.4 Å². The number of halogens is 3. The van der Waals surface area contributed by atoms with E-state index < -0.39 is 30.0 Å². The van der Waals surface area contributed by atoms with E-state index in [1.807, 2.05) is 0 Å². The van der Waals surface area contributed by atoms with Gasteiger partial charge in [0.25, 0.3) is 5.56 Å². The van der Waals surface area contributed by atoms with Crippen LogP contribution in [0.15, 0.2) is 39.9 Å². The lowest BCUT2D eigenvalue weighted by Gasteiger charge is -2.29. The number of hydrogen-bond donors (Lipinski definition) is 1. The Kier molecular flexibility index (Phi) is 5.22. The molecule has 1 N–H and O–H groups in total. The van der Waals surface area contributed by atoms with E-state index in [0.29, 0.717) is 10.8 Å². The molecule has 0 radical (unpaired) electrons. The standard InChI is InChI=1S/C18H14BrF2N5O3/c19-9-1-2-13-14(3-9)16(29-12-4-10(20)5-12)25-26(17(13)28)8-15(27)24-18-22-6-11(21)7-23-18/h1-3,6-7,10,12H,4-5,8H2,(H,22,23,24,27). The summed E-state index contributed by atoms with van der Waals surface area (Å²) in [5.74, 6) is -1.23. The van der Waals surface area contributed by atoms with Gasteiger partial charge in [0, 0.05) is 17.3 Å². The highest BCUT2D eigenvalue weighted by Gasteiger charge is 2.32. The quantitative estimate of drug-likeness (QED) is 0.621. The zero-order valence-electron chi connectivity index (χ0n) is 14.8. The molecule has 2 heterocycles. The van der Waals surface area contributed by atoms with E-state index in [0.717, 1.165) is 21.5 Å². The molecule has 1 amide bonds. The van der Waals surface area contributed by atoms with Crippen LogP contribution < -0.4 is 15.6 Å². The first-order valence-electron chi connectivity index (χ1n) is 8.67. The van der Waals surface area contributed by atoms with Crippen LogP contribution in [-0.4, -0.2) is 37.9 Å². The molecule has 0 bridgehead atoms. The molecule has 1 aromatic carbocycles. The molecular formula is C18H14BrF2N5O3. The molecule has 0 saturated heterocycles. The number of hydrogen-bond acceptors (Lipinski definition) is 6. The average molecular weight is 466 g/mol. The highest BCUT2D eigenvalue weighted by atomic mass is 79.9. The third-order valence-electron chi connectivity index (χ3n) is 4.37. The van der Waals surface area contributed by atoms with Crippen LogP contribution in [0.25, 0.3) is 10.8 Å².